The SMILES string of the molecule is CCc1c(C(=O)NCCOCCN)ccc(Nc2nccn3c(-c4cn(CC(F)(F)F)nc4C(F)(F)F)cnc23)c1OC=O. The lowest BCUT2D eigenvalue weighted by Crippen LogP contribution is -2.29. The first-order chi connectivity index (χ1) is 20.9. The zero-order chi connectivity index (χ0) is 32.1. The number of alkyl halides is 6. The highest BCUT2D eigenvalue weighted by atomic mass is 19.4. The molecule has 0 saturated heterocycles. The maximum atomic E-state index is 13.8. The zero-order valence-corrected chi connectivity index (χ0v) is 23.0. The van der Waals surface area contributed by atoms with Crippen molar-refractivity contribution in [2.24, 2.45) is 5.73 Å². The molecule has 1 aromatic carbocycles. The summed E-state index contributed by atoms with van der Waals surface area (Å²) in [5.41, 5.74) is 3.77. The Bertz CT molecular complexity index is 1630. The van der Waals surface area contributed by atoms with Crippen LogP contribution < -0.4 is 21.1 Å². The molecule has 0 radical (unpaired) electrons. The second kappa shape index (κ2) is 13.3. The van der Waals surface area contributed by atoms with E-state index in [2.05, 4.69) is 25.7 Å². The van der Waals surface area contributed by atoms with Crippen LogP contribution in [0.2, 0.25) is 0 Å². The molecule has 4 aromatic rings. The molecule has 0 bridgehead atoms. The minimum atomic E-state index is -5.06. The molecule has 0 atom stereocenters. The van der Waals surface area contributed by atoms with E-state index in [1.54, 1.807) is 6.92 Å². The number of nitrogens with one attached hydrogen (secondary N) is 2. The Kier molecular flexibility index (Phi) is 9.73. The summed E-state index contributed by atoms with van der Waals surface area (Å²) >= 11 is 0. The fourth-order valence-electron chi connectivity index (χ4n) is 4.41. The molecule has 4 rings (SSSR count). The Balaban J connectivity index is 1.70. The molecule has 4 N–H and O–H groups in total. The molecule has 3 aromatic heterocycles. The number of hydrogen-bond acceptors (Lipinski definition) is 9. The Morgan fingerprint density at radius 3 is 2.57 bits per heavy atom. The molecule has 0 saturated carbocycles. The van der Waals surface area contributed by atoms with Crippen molar-refractivity contribution in [1.29, 1.82) is 0 Å². The van der Waals surface area contributed by atoms with Gasteiger partial charge in [0.25, 0.3) is 12.4 Å². The highest BCUT2D eigenvalue weighted by Crippen LogP contribution is 2.38. The fourth-order valence-corrected chi connectivity index (χ4v) is 4.41. The van der Waals surface area contributed by atoms with E-state index in [4.69, 9.17) is 15.2 Å². The summed E-state index contributed by atoms with van der Waals surface area (Å²) in [6.45, 7) is 1.27. The molecule has 44 heavy (non-hydrogen) atoms. The number of nitrogens with zero attached hydrogens (tertiary/aromatic N) is 5. The Labute approximate surface area is 245 Å². The van der Waals surface area contributed by atoms with Crippen LogP contribution in [0.5, 0.6) is 5.75 Å². The van der Waals surface area contributed by atoms with Crippen LogP contribution in [-0.4, -0.2) is 69.0 Å². The first-order valence-electron chi connectivity index (χ1n) is 13.0. The van der Waals surface area contributed by atoms with Gasteiger partial charge >= 0.3 is 12.4 Å². The van der Waals surface area contributed by atoms with Crippen molar-refractivity contribution in [3.05, 3.63) is 53.7 Å². The molecule has 3 heterocycles. The van der Waals surface area contributed by atoms with Gasteiger partial charge in [0.2, 0.25) is 0 Å². The number of ether oxygens (including phenoxy) is 2. The van der Waals surface area contributed by atoms with Crippen LogP contribution in [-0.2, 0) is 28.7 Å². The summed E-state index contributed by atoms with van der Waals surface area (Å²) in [7, 11) is 0. The number of amides is 1. The van der Waals surface area contributed by atoms with E-state index in [1.807, 2.05) is 0 Å². The number of fused-ring (bicyclic) bond motifs is 1. The molecule has 12 nitrogen and oxygen atoms in total. The molecule has 0 aliphatic heterocycles. The summed E-state index contributed by atoms with van der Waals surface area (Å²) in [4.78, 5) is 32.6. The van der Waals surface area contributed by atoms with Crippen LogP contribution in [0.15, 0.2) is 36.9 Å². The van der Waals surface area contributed by atoms with Crippen molar-refractivity contribution in [1.82, 2.24) is 29.5 Å². The first-order valence-corrected chi connectivity index (χ1v) is 13.0. The number of halogens is 6. The number of carbonyl (C=O) groups is 2. The summed E-state index contributed by atoms with van der Waals surface area (Å²) in [5, 5.41) is 8.75. The summed E-state index contributed by atoms with van der Waals surface area (Å²) in [6.07, 6.45) is -5.42. The van der Waals surface area contributed by atoms with Gasteiger partial charge < -0.3 is 25.8 Å². The number of carbonyl (C=O) groups excluding carboxylic acids is 2. The van der Waals surface area contributed by atoms with Crippen molar-refractivity contribution in [3.63, 3.8) is 0 Å². The van der Waals surface area contributed by atoms with Crippen LogP contribution in [0.25, 0.3) is 16.9 Å². The smallest absolute Gasteiger partial charge is 0.426 e. The number of rotatable bonds is 13. The Hall–Kier alpha value is -4.71. The fraction of sp³-hybridized carbons (Fsp3) is 0.346. The summed E-state index contributed by atoms with van der Waals surface area (Å²) in [5.74, 6) is -0.454. The number of aromatic nitrogens is 5. The summed E-state index contributed by atoms with van der Waals surface area (Å²) < 4.78 is 91.8. The molecular formula is C26H26F6N8O4. The number of anilines is 2. The van der Waals surface area contributed by atoms with Crippen molar-refractivity contribution in [3.8, 4) is 17.0 Å². The molecule has 0 spiro atoms. The van der Waals surface area contributed by atoms with Gasteiger partial charge in [-0.2, -0.15) is 31.4 Å². The standard InChI is InChI=1S/C26H26F6N8O4/c1-2-15-16(24(42)35-7-10-43-9-5-33)3-4-18(20(15)44-14-41)37-22-23-36-11-19(40(23)8-6-34-22)17-12-39(13-25(27,28)29)38-21(17)26(30,31)32/h3-4,6,8,11-12,14H,2,5,7,9-10,13,33H2,1H3,(H,34,37)(H,35,42). The van der Waals surface area contributed by atoms with Crippen LogP contribution in [0.4, 0.5) is 37.8 Å². The first kappa shape index (κ1) is 32.2. The number of hydrogen-bond donors (Lipinski definition) is 3. The van der Waals surface area contributed by atoms with Crippen molar-refractivity contribution in [2.75, 3.05) is 31.6 Å². The van der Waals surface area contributed by atoms with Gasteiger partial charge in [-0.3, -0.25) is 18.7 Å². The maximum Gasteiger partial charge on any atom is 0.435 e. The number of benzene rings is 1. The van der Waals surface area contributed by atoms with Crippen LogP contribution in [0.1, 0.15) is 28.5 Å². The van der Waals surface area contributed by atoms with Crippen molar-refractivity contribution < 1.29 is 45.4 Å². The topological polar surface area (TPSA) is 151 Å². The third kappa shape index (κ3) is 7.25. The van der Waals surface area contributed by atoms with E-state index >= 15 is 0 Å². The molecule has 236 valence electrons. The lowest BCUT2D eigenvalue weighted by atomic mass is 10.0. The van der Waals surface area contributed by atoms with E-state index in [9.17, 15) is 35.9 Å². The van der Waals surface area contributed by atoms with E-state index in [0.717, 1.165) is 6.20 Å². The van der Waals surface area contributed by atoms with Gasteiger partial charge in [0.15, 0.2) is 22.9 Å². The Morgan fingerprint density at radius 2 is 1.91 bits per heavy atom. The van der Waals surface area contributed by atoms with Gasteiger partial charge in [0, 0.05) is 42.8 Å². The average Bonchev–Trinajstić information content (AvgIpc) is 3.57. The number of nitrogens with two attached hydrogens (primary N) is 1. The predicted octanol–water partition coefficient (Wildman–Crippen LogP) is 3.72. The number of imidazole rings is 1. The van der Waals surface area contributed by atoms with Gasteiger partial charge in [0.05, 0.1) is 36.4 Å². The molecule has 1 amide bonds. The average molecular weight is 629 g/mol. The Morgan fingerprint density at radius 1 is 1.14 bits per heavy atom. The van der Waals surface area contributed by atoms with Gasteiger partial charge in [-0.1, -0.05) is 6.92 Å². The maximum absolute atomic E-state index is 13.8. The lowest BCUT2D eigenvalue weighted by Gasteiger charge is -2.17. The highest BCUT2D eigenvalue weighted by molar-refractivity contribution is 5.97. The predicted molar refractivity (Wildman–Crippen MR) is 143 cm³/mol. The minimum absolute atomic E-state index is 0.00190. The third-order valence-electron chi connectivity index (χ3n) is 6.15. The third-order valence-corrected chi connectivity index (χ3v) is 6.15. The molecule has 0 fully saturated rings. The molecule has 0 aliphatic rings. The second-order valence-electron chi connectivity index (χ2n) is 9.13. The van der Waals surface area contributed by atoms with Crippen LogP contribution in [0.3, 0.4) is 0 Å². The van der Waals surface area contributed by atoms with Crippen molar-refractivity contribution in [2.45, 2.75) is 32.2 Å². The highest BCUT2D eigenvalue weighted by Gasteiger charge is 2.40. The quantitative estimate of drug-likeness (QED) is 0.114. The molecule has 0 aliphatic carbocycles. The van der Waals surface area contributed by atoms with E-state index < -0.39 is 36.1 Å². The van der Waals surface area contributed by atoms with Gasteiger partial charge in [0.1, 0.15) is 6.54 Å². The minimum Gasteiger partial charge on any atom is -0.426 e. The normalized spacial score (nSPS) is 12.0. The lowest BCUT2D eigenvalue weighted by molar-refractivity contribution is -0.148. The van der Waals surface area contributed by atoms with Crippen LogP contribution in [0, 0.1) is 0 Å². The van der Waals surface area contributed by atoms with Gasteiger partial charge in [-0.15, -0.1) is 0 Å². The van der Waals surface area contributed by atoms with E-state index in [-0.39, 0.29) is 64.9 Å². The molecule has 18 heteroatoms. The van der Waals surface area contributed by atoms with Crippen molar-refractivity contribution >= 4 is 29.5 Å². The second-order valence-corrected chi connectivity index (χ2v) is 9.13. The summed E-state index contributed by atoms with van der Waals surface area (Å²) in [6, 6.07) is 2.92. The zero-order valence-electron chi connectivity index (χ0n) is 23.0. The largest absolute Gasteiger partial charge is 0.435 e. The van der Waals surface area contributed by atoms with Crippen LogP contribution >= 0.6 is 0 Å². The van der Waals surface area contributed by atoms with Gasteiger partial charge in [-0.05, 0) is 18.6 Å². The monoisotopic (exact) mass is 628 g/mol. The molecule has 0 unspecified atom stereocenters. The van der Waals surface area contributed by atoms with E-state index in [1.165, 1.54) is 28.9 Å². The molecular weight excluding hydrogens is 602 g/mol. The van der Waals surface area contributed by atoms with E-state index in [0.29, 0.717) is 24.9 Å². The van der Waals surface area contributed by atoms with Gasteiger partial charge in [-0.25, -0.2) is 9.97 Å².